The molecule has 4 rings (SSSR count). The van der Waals surface area contributed by atoms with Crippen LogP contribution >= 0.6 is 11.3 Å². The van der Waals surface area contributed by atoms with Gasteiger partial charge in [-0.25, -0.2) is 9.67 Å². The maximum Gasteiger partial charge on any atom is 0.271 e. The maximum atomic E-state index is 12.5. The normalized spacial score (nSPS) is 18.0. The van der Waals surface area contributed by atoms with Gasteiger partial charge in [0.05, 0.1) is 11.9 Å². The molecule has 3 aromatic rings. The highest BCUT2D eigenvalue weighted by Gasteiger charge is 2.21. The number of amides is 1. The zero-order chi connectivity index (χ0) is 17.9. The molecule has 0 aliphatic carbocycles. The largest absolute Gasteiger partial charge is 0.347 e. The summed E-state index contributed by atoms with van der Waals surface area (Å²) < 4.78 is 1.81. The molecule has 1 atom stereocenters. The van der Waals surface area contributed by atoms with E-state index in [2.05, 4.69) is 27.3 Å². The molecule has 0 unspecified atom stereocenters. The first-order chi connectivity index (χ1) is 12.7. The lowest BCUT2D eigenvalue weighted by atomic mass is 10.1. The van der Waals surface area contributed by atoms with Crippen LogP contribution in [0.15, 0.2) is 48.1 Å². The molecule has 1 N–H and O–H groups in total. The molecular weight excluding hydrogens is 346 g/mol. The summed E-state index contributed by atoms with van der Waals surface area (Å²) in [7, 11) is 2.09. The lowest BCUT2D eigenvalue weighted by Crippen LogP contribution is -2.46. The topological polar surface area (TPSA) is 63.1 Å². The highest BCUT2D eigenvalue weighted by atomic mass is 32.1. The lowest BCUT2D eigenvalue weighted by Gasteiger charge is -2.29. The fourth-order valence-corrected chi connectivity index (χ4v) is 3.98. The third kappa shape index (κ3) is 3.68. The quantitative estimate of drug-likeness (QED) is 0.770. The van der Waals surface area contributed by atoms with E-state index in [0.717, 1.165) is 42.2 Å². The zero-order valence-corrected chi connectivity index (χ0v) is 15.4. The Morgan fingerprint density at radius 2 is 2.15 bits per heavy atom. The molecule has 1 saturated heterocycles. The van der Waals surface area contributed by atoms with Gasteiger partial charge in [0.1, 0.15) is 10.7 Å². The Hall–Kier alpha value is -2.51. The molecule has 6 nitrogen and oxygen atoms in total. The Kier molecular flexibility index (Phi) is 4.81. The van der Waals surface area contributed by atoms with Crippen molar-refractivity contribution in [3.63, 3.8) is 0 Å². The van der Waals surface area contributed by atoms with E-state index in [0.29, 0.717) is 5.69 Å². The van der Waals surface area contributed by atoms with E-state index in [4.69, 9.17) is 0 Å². The van der Waals surface area contributed by atoms with Crippen molar-refractivity contribution in [3.8, 4) is 16.3 Å². The summed E-state index contributed by atoms with van der Waals surface area (Å²) in [6.07, 6.45) is 5.86. The number of likely N-dealkylation sites (N-methyl/N-ethyl adjacent to an activating group) is 1. The number of thiazole rings is 1. The molecule has 0 spiro atoms. The summed E-state index contributed by atoms with van der Waals surface area (Å²) in [5.41, 5.74) is 2.38. The number of para-hydroxylation sites is 1. The monoisotopic (exact) mass is 367 g/mol. The van der Waals surface area contributed by atoms with Crippen LogP contribution in [0, 0.1) is 0 Å². The van der Waals surface area contributed by atoms with Gasteiger partial charge >= 0.3 is 0 Å². The van der Waals surface area contributed by atoms with Gasteiger partial charge in [-0.05, 0) is 38.6 Å². The van der Waals surface area contributed by atoms with Crippen molar-refractivity contribution in [2.24, 2.45) is 0 Å². The van der Waals surface area contributed by atoms with Crippen LogP contribution in [0.25, 0.3) is 16.3 Å². The minimum absolute atomic E-state index is 0.0942. The number of hydrogen-bond acceptors (Lipinski definition) is 5. The van der Waals surface area contributed by atoms with Gasteiger partial charge in [0.2, 0.25) is 0 Å². The second-order valence-corrected chi connectivity index (χ2v) is 7.48. The number of carbonyl (C=O) groups is 1. The van der Waals surface area contributed by atoms with Gasteiger partial charge in [-0.1, -0.05) is 18.2 Å². The molecule has 1 amide bonds. The fourth-order valence-electron chi connectivity index (χ4n) is 3.21. The zero-order valence-electron chi connectivity index (χ0n) is 14.6. The van der Waals surface area contributed by atoms with Gasteiger partial charge in [0.15, 0.2) is 0 Å². The van der Waals surface area contributed by atoms with Crippen molar-refractivity contribution < 1.29 is 4.79 Å². The number of nitrogens with one attached hydrogen (secondary N) is 1. The summed E-state index contributed by atoms with van der Waals surface area (Å²) in [5.74, 6) is -0.0942. The second kappa shape index (κ2) is 7.39. The first-order valence-corrected chi connectivity index (χ1v) is 9.62. The standard InChI is InChI=1S/C19H21N5OS/c1-23-9-5-6-15(12-23)21-18(25)17-13-26-19(22-17)14-10-20-24(11-14)16-7-3-2-4-8-16/h2-4,7-8,10-11,13,15H,5-6,9,12H2,1H3,(H,21,25)/t15-/m0/s1. The summed E-state index contributed by atoms with van der Waals surface area (Å²) >= 11 is 1.47. The van der Waals surface area contributed by atoms with E-state index < -0.39 is 0 Å². The number of nitrogens with zero attached hydrogens (tertiary/aromatic N) is 4. The van der Waals surface area contributed by atoms with Crippen LogP contribution in [-0.2, 0) is 0 Å². The van der Waals surface area contributed by atoms with E-state index in [9.17, 15) is 4.79 Å². The lowest BCUT2D eigenvalue weighted by molar-refractivity contribution is 0.0908. The summed E-state index contributed by atoms with van der Waals surface area (Å²) in [6.45, 7) is 1.99. The number of benzene rings is 1. The molecule has 0 bridgehead atoms. The van der Waals surface area contributed by atoms with E-state index in [1.54, 1.807) is 6.20 Å². The van der Waals surface area contributed by atoms with Gasteiger partial charge in [0.25, 0.3) is 5.91 Å². The maximum absolute atomic E-state index is 12.5. The molecule has 0 saturated carbocycles. The third-order valence-corrected chi connectivity index (χ3v) is 5.44. The van der Waals surface area contributed by atoms with Crippen LogP contribution in [0.5, 0.6) is 0 Å². The molecule has 0 radical (unpaired) electrons. The SMILES string of the molecule is CN1CCC[C@H](NC(=O)c2csc(-c3cnn(-c4ccccc4)c3)n2)C1. The Balaban J connectivity index is 1.46. The third-order valence-electron chi connectivity index (χ3n) is 4.55. The molecule has 3 heterocycles. The smallest absolute Gasteiger partial charge is 0.271 e. The second-order valence-electron chi connectivity index (χ2n) is 6.62. The molecule has 1 aliphatic rings. The van der Waals surface area contributed by atoms with Crippen molar-refractivity contribution in [2.45, 2.75) is 18.9 Å². The van der Waals surface area contributed by atoms with E-state index in [1.807, 2.05) is 46.6 Å². The fraction of sp³-hybridized carbons (Fsp3) is 0.316. The summed E-state index contributed by atoms with van der Waals surface area (Å²) in [6, 6.07) is 10.1. The number of aromatic nitrogens is 3. The highest BCUT2D eigenvalue weighted by Crippen LogP contribution is 2.24. The van der Waals surface area contributed by atoms with Crippen LogP contribution in [0.2, 0.25) is 0 Å². The number of rotatable bonds is 4. The molecule has 1 fully saturated rings. The minimum atomic E-state index is -0.0942. The molecule has 1 aliphatic heterocycles. The van der Waals surface area contributed by atoms with Crippen LogP contribution in [-0.4, -0.2) is 51.8 Å². The Morgan fingerprint density at radius 1 is 1.31 bits per heavy atom. The van der Waals surface area contributed by atoms with Crippen LogP contribution < -0.4 is 5.32 Å². The Labute approximate surface area is 156 Å². The van der Waals surface area contributed by atoms with E-state index in [-0.39, 0.29) is 11.9 Å². The van der Waals surface area contributed by atoms with Gasteiger partial charge in [-0.15, -0.1) is 11.3 Å². The average Bonchev–Trinajstić information content (AvgIpc) is 3.32. The Bertz CT molecular complexity index is 888. The molecule has 134 valence electrons. The summed E-state index contributed by atoms with van der Waals surface area (Å²) in [5, 5.41) is 10.1. The van der Waals surface area contributed by atoms with Crippen LogP contribution in [0.4, 0.5) is 0 Å². The van der Waals surface area contributed by atoms with Gasteiger partial charge in [0, 0.05) is 29.7 Å². The van der Waals surface area contributed by atoms with Crippen molar-refractivity contribution in [3.05, 3.63) is 53.8 Å². The van der Waals surface area contributed by atoms with Crippen LogP contribution in [0.3, 0.4) is 0 Å². The Morgan fingerprint density at radius 3 is 2.96 bits per heavy atom. The van der Waals surface area contributed by atoms with Crippen molar-refractivity contribution in [1.29, 1.82) is 0 Å². The molecule has 1 aromatic carbocycles. The predicted octanol–water partition coefficient (Wildman–Crippen LogP) is 2.82. The first-order valence-electron chi connectivity index (χ1n) is 8.74. The number of carbonyl (C=O) groups excluding carboxylic acids is 1. The molecule has 2 aromatic heterocycles. The highest BCUT2D eigenvalue weighted by molar-refractivity contribution is 7.13. The summed E-state index contributed by atoms with van der Waals surface area (Å²) in [4.78, 5) is 19.2. The van der Waals surface area contributed by atoms with Crippen LogP contribution in [0.1, 0.15) is 23.3 Å². The van der Waals surface area contributed by atoms with Crippen molar-refractivity contribution >= 4 is 17.2 Å². The van der Waals surface area contributed by atoms with Gasteiger partial charge < -0.3 is 10.2 Å². The number of likely N-dealkylation sites (tertiary alicyclic amines) is 1. The van der Waals surface area contributed by atoms with Crippen molar-refractivity contribution in [2.75, 3.05) is 20.1 Å². The van der Waals surface area contributed by atoms with Gasteiger partial charge in [-0.2, -0.15) is 5.10 Å². The number of piperidine rings is 1. The first kappa shape index (κ1) is 16.9. The minimum Gasteiger partial charge on any atom is -0.347 e. The predicted molar refractivity (Wildman–Crippen MR) is 103 cm³/mol. The molecule has 7 heteroatoms. The van der Waals surface area contributed by atoms with E-state index in [1.165, 1.54) is 11.3 Å². The van der Waals surface area contributed by atoms with Gasteiger partial charge in [-0.3, -0.25) is 4.79 Å². The number of hydrogen-bond donors (Lipinski definition) is 1. The average molecular weight is 367 g/mol. The molecular formula is C19H21N5OS. The van der Waals surface area contributed by atoms with Crippen molar-refractivity contribution in [1.82, 2.24) is 25.0 Å². The molecule has 26 heavy (non-hydrogen) atoms. The van der Waals surface area contributed by atoms with E-state index >= 15 is 0 Å².